The molecule has 1 aromatic carbocycles. The Morgan fingerprint density at radius 2 is 2.25 bits per heavy atom. The summed E-state index contributed by atoms with van der Waals surface area (Å²) in [6.45, 7) is 2.74. The van der Waals surface area contributed by atoms with Gasteiger partial charge in [0.2, 0.25) is 0 Å². The van der Waals surface area contributed by atoms with Crippen molar-refractivity contribution in [2.45, 2.75) is 32.4 Å². The van der Waals surface area contributed by atoms with Gasteiger partial charge in [-0.25, -0.2) is 4.39 Å². The number of hydrogen-bond acceptors (Lipinski definition) is 2. The summed E-state index contributed by atoms with van der Waals surface area (Å²) in [7, 11) is 0. The minimum absolute atomic E-state index is 0.333. The van der Waals surface area contributed by atoms with Crippen molar-refractivity contribution in [3.63, 3.8) is 0 Å². The van der Waals surface area contributed by atoms with Gasteiger partial charge in [0.15, 0.2) is 5.15 Å². The van der Waals surface area contributed by atoms with Crippen molar-refractivity contribution >= 4 is 27.5 Å². The van der Waals surface area contributed by atoms with Gasteiger partial charge in [-0.2, -0.15) is 5.10 Å². The zero-order valence-corrected chi connectivity index (χ0v) is 13.3. The largest absolute Gasteiger partial charge is 0.388 e. The fourth-order valence-electron chi connectivity index (χ4n) is 1.99. The first-order valence-electron chi connectivity index (χ1n) is 6.36. The summed E-state index contributed by atoms with van der Waals surface area (Å²) in [4.78, 5) is 0. The van der Waals surface area contributed by atoms with Crippen molar-refractivity contribution in [2.75, 3.05) is 0 Å². The third-order valence-corrected chi connectivity index (χ3v) is 4.12. The van der Waals surface area contributed by atoms with Gasteiger partial charge in [0.1, 0.15) is 5.82 Å². The molecule has 1 unspecified atom stereocenters. The van der Waals surface area contributed by atoms with Crippen LogP contribution < -0.4 is 0 Å². The maximum atomic E-state index is 13.0. The number of rotatable bonds is 5. The number of aliphatic hydroxyl groups is 1. The third kappa shape index (κ3) is 3.59. The second kappa shape index (κ2) is 6.70. The van der Waals surface area contributed by atoms with Crippen molar-refractivity contribution in [1.82, 2.24) is 9.78 Å². The lowest BCUT2D eigenvalue weighted by Crippen LogP contribution is -2.01. The van der Waals surface area contributed by atoms with Crippen molar-refractivity contribution in [3.8, 4) is 0 Å². The Bertz CT molecular complexity index is 603. The number of aromatic nitrogens is 2. The molecule has 0 fully saturated rings. The van der Waals surface area contributed by atoms with E-state index < -0.39 is 6.10 Å². The molecule has 0 aliphatic carbocycles. The highest BCUT2D eigenvalue weighted by Crippen LogP contribution is 2.28. The Kier molecular flexibility index (Phi) is 5.18. The number of halogens is 3. The van der Waals surface area contributed by atoms with Gasteiger partial charge in [-0.3, -0.25) is 4.68 Å². The van der Waals surface area contributed by atoms with Crippen LogP contribution in [-0.2, 0) is 13.0 Å². The molecule has 108 valence electrons. The average Bonchev–Trinajstić information content (AvgIpc) is 2.76. The van der Waals surface area contributed by atoms with E-state index in [1.54, 1.807) is 10.7 Å². The Labute approximate surface area is 130 Å². The number of aliphatic hydroxyl groups excluding tert-OH is 1. The Morgan fingerprint density at radius 3 is 2.85 bits per heavy atom. The van der Waals surface area contributed by atoms with Gasteiger partial charge in [-0.1, -0.05) is 33.6 Å². The Hall–Kier alpha value is -0.910. The summed E-state index contributed by atoms with van der Waals surface area (Å²) < 4.78 is 15.3. The lowest BCUT2D eigenvalue weighted by atomic mass is 10.0. The highest BCUT2D eigenvalue weighted by atomic mass is 79.9. The van der Waals surface area contributed by atoms with Crippen molar-refractivity contribution in [1.29, 1.82) is 0 Å². The maximum Gasteiger partial charge on any atom is 0.154 e. The van der Waals surface area contributed by atoms with Gasteiger partial charge in [-0.05, 0) is 37.5 Å². The topological polar surface area (TPSA) is 38.0 Å². The summed E-state index contributed by atoms with van der Waals surface area (Å²) in [6, 6.07) is 4.27. The van der Waals surface area contributed by atoms with E-state index in [1.165, 1.54) is 12.1 Å². The van der Waals surface area contributed by atoms with E-state index in [1.807, 2.05) is 13.1 Å². The highest BCUT2D eigenvalue weighted by molar-refractivity contribution is 9.10. The van der Waals surface area contributed by atoms with Gasteiger partial charge in [0.25, 0.3) is 0 Å². The van der Waals surface area contributed by atoms with Crippen LogP contribution in [0, 0.1) is 5.82 Å². The predicted molar refractivity (Wildman–Crippen MR) is 80.3 cm³/mol. The van der Waals surface area contributed by atoms with E-state index in [0.29, 0.717) is 28.0 Å². The molecular formula is C14H15BrClFN2O. The first-order chi connectivity index (χ1) is 9.51. The second-order valence-corrected chi connectivity index (χ2v) is 5.73. The summed E-state index contributed by atoms with van der Waals surface area (Å²) in [5.74, 6) is -0.333. The summed E-state index contributed by atoms with van der Waals surface area (Å²) in [6.07, 6.45) is 2.32. The summed E-state index contributed by atoms with van der Waals surface area (Å²) >= 11 is 9.29. The van der Waals surface area contributed by atoms with E-state index in [4.69, 9.17) is 11.6 Å². The third-order valence-electron chi connectivity index (χ3n) is 3.12. The van der Waals surface area contributed by atoms with Crippen LogP contribution in [0.4, 0.5) is 4.39 Å². The maximum absolute atomic E-state index is 13.0. The molecule has 0 spiro atoms. The number of nitrogens with zero attached hydrogens (tertiary/aromatic N) is 2. The van der Waals surface area contributed by atoms with Crippen LogP contribution in [0.15, 0.2) is 28.9 Å². The highest BCUT2D eigenvalue weighted by Gasteiger charge is 2.14. The molecule has 1 heterocycles. The molecule has 3 nitrogen and oxygen atoms in total. The van der Waals surface area contributed by atoms with E-state index in [-0.39, 0.29) is 5.82 Å². The van der Waals surface area contributed by atoms with Crippen LogP contribution in [0.2, 0.25) is 5.15 Å². The molecular weight excluding hydrogens is 347 g/mol. The summed E-state index contributed by atoms with van der Waals surface area (Å²) in [5.41, 5.74) is 1.58. The molecule has 0 amide bonds. The predicted octanol–water partition coefficient (Wildman–Crippen LogP) is 4.12. The molecule has 20 heavy (non-hydrogen) atoms. The van der Waals surface area contributed by atoms with Crippen LogP contribution in [0.3, 0.4) is 0 Å². The van der Waals surface area contributed by atoms with Gasteiger partial charge in [0, 0.05) is 22.8 Å². The molecule has 0 saturated carbocycles. The monoisotopic (exact) mass is 360 g/mol. The van der Waals surface area contributed by atoms with Crippen molar-refractivity contribution in [3.05, 3.63) is 51.0 Å². The molecule has 1 aromatic heterocycles. The minimum atomic E-state index is -0.675. The zero-order valence-electron chi connectivity index (χ0n) is 11.0. The molecule has 0 saturated heterocycles. The first kappa shape index (κ1) is 15.5. The molecule has 0 radical (unpaired) electrons. The summed E-state index contributed by atoms with van der Waals surface area (Å²) in [5, 5.41) is 14.8. The lowest BCUT2D eigenvalue weighted by Gasteiger charge is -2.12. The van der Waals surface area contributed by atoms with Gasteiger partial charge < -0.3 is 5.11 Å². The number of aryl methyl sites for hydroxylation is 2. The smallest absolute Gasteiger partial charge is 0.154 e. The van der Waals surface area contributed by atoms with Crippen molar-refractivity contribution < 1.29 is 9.50 Å². The molecule has 6 heteroatoms. The number of benzene rings is 1. The van der Waals surface area contributed by atoms with Crippen LogP contribution in [0.25, 0.3) is 0 Å². The minimum Gasteiger partial charge on any atom is -0.388 e. The van der Waals surface area contributed by atoms with Crippen molar-refractivity contribution in [2.24, 2.45) is 0 Å². The van der Waals surface area contributed by atoms with E-state index in [9.17, 15) is 9.50 Å². The first-order valence-corrected chi connectivity index (χ1v) is 7.53. The quantitative estimate of drug-likeness (QED) is 0.870. The lowest BCUT2D eigenvalue weighted by molar-refractivity contribution is 0.167. The van der Waals surface area contributed by atoms with Gasteiger partial charge in [0.05, 0.1) is 6.10 Å². The normalized spacial score (nSPS) is 12.7. The molecule has 2 rings (SSSR count). The van der Waals surface area contributed by atoms with Crippen LogP contribution in [0.5, 0.6) is 0 Å². The van der Waals surface area contributed by atoms with E-state index in [2.05, 4.69) is 21.0 Å². The fraction of sp³-hybridized carbons (Fsp3) is 0.357. The Balaban J connectivity index is 2.04. The standard InChI is InChI=1S/C14H15BrClFN2O/c1-2-19-8-9(14(16)18-19)3-6-13(20)11-5-4-10(17)7-12(11)15/h4-5,7-8,13,20H,2-3,6H2,1H3. The molecule has 0 aliphatic heterocycles. The molecule has 2 aromatic rings. The molecule has 1 N–H and O–H groups in total. The SMILES string of the molecule is CCn1cc(CCC(O)c2ccc(F)cc2Br)c(Cl)n1. The van der Waals surface area contributed by atoms with Crippen LogP contribution >= 0.6 is 27.5 Å². The van der Waals surface area contributed by atoms with E-state index >= 15 is 0 Å². The fourth-order valence-corrected chi connectivity index (χ4v) is 2.84. The number of hydrogen-bond donors (Lipinski definition) is 1. The van der Waals surface area contributed by atoms with Crippen LogP contribution in [-0.4, -0.2) is 14.9 Å². The molecule has 0 bridgehead atoms. The molecule has 0 aliphatic rings. The second-order valence-electron chi connectivity index (χ2n) is 4.52. The van der Waals surface area contributed by atoms with Gasteiger partial charge in [-0.15, -0.1) is 0 Å². The Morgan fingerprint density at radius 1 is 1.50 bits per heavy atom. The van der Waals surface area contributed by atoms with Crippen LogP contribution in [0.1, 0.15) is 30.6 Å². The van der Waals surface area contributed by atoms with Gasteiger partial charge >= 0.3 is 0 Å². The molecule has 1 atom stereocenters. The van der Waals surface area contributed by atoms with E-state index in [0.717, 1.165) is 12.1 Å². The average molecular weight is 362 g/mol. The zero-order chi connectivity index (χ0) is 14.7.